The molecule has 0 radical (unpaired) electrons. The van der Waals surface area contributed by atoms with Crippen molar-refractivity contribution in [2.45, 2.75) is 39.5 Å². The van der Waals surface area contributed by atoms with Crippen LogP contribution in [0.3, 0.4) is 0 Å². The summed E-state index contributed by atoms with van der Waals surface area (Å²) in [5.41, 5.74) is 0. The highest BCUT2D eigenvalue weighted by molar-refractivity contribution is 5.82. The molecule has 2 heterocycles. The molecule has 0 aliphatic carbocycles. The molecule has 0 aromatic heterocycles. The van der Waals surface area contributed by atoms with Gasteiger partial charge in [0.25, 0.3) is 0 Å². The zero-order valence-electron chi connectivity index (χ0n) is 13.3. The van der Waals surface area contributed by atoms with Gasteiger partial charge in [-0.15, -0.1) is 0 Å². The molecule has 0 spiro atoms. The monoisotopic (exact) mass is 296 g/mol. The first-order valence-electron chi connectivity index (χ1n) is 8.21. The smallest absolute Gasteiger partial charge is 0.227 e. The molecule has 21 heavy (non-hydrogen) atoms. The quantitative estimate of drug-likeness (QED) is 0.849. The predicted octanol–water partition coefficient (Wildman–Crippen LogP) is 1.11. The SMILES string of the molecule is CC(C)C(=O)N1CCCC(C(=O)N2CCCC(CO)C2)C1. The van der Waals surface area contributed by atoms with E-state index in [-0.39, 0.29) is 36.2 Å². The third kappa shape index (κ3) is 3.96. The minimum atomic E-state index is -0.0566. The van der Waals surface area contributed by atoms with Crippen molar-refractivity contribution in [3.63, 3.8) is 0 Å². The lowest BCUT2D eigenvalue weighted by molar-refractivity contribution is -0.143. The maximum Gasteiger partial charge on any atom is 0.227 e. The van der Waals surface area contributed by atoms with Crippen molar-refractivity contribution in [3.8, 4) is 0 Å². The van der Waals surface area contributed by atoms with E-state index in [0.717, 1.165) is 38.8 Å². The van der Waals surface area contributed by atoms with Gasteiger partial charge in [0.15, 0.2) is 0 Å². The van der Waals surface area contributed by atoms with E-state index in [0.29, 0.717) is 13.1 Å². The number of carbonyl (C=O) groups is 2. The van der Waals surface area contributed by atoms with Crippen molar-refractivity contribution in [1.29, 1.82) is 0 Å². The highest BCUT2D eigenvalue weighted by Crippen LogP contribution is 2.23. The molecule has 5 nitrogen and oxygen atoms in total. The number of hydrogen-bond donors (Lipinski definition) is 1. The van der Waals surface area contributed by atoms with Crippen LogP contribution in [0.2, 0.25) is 0 Å². The molecular formula is C16H28N2O3. The third-order valence-corrected chi connectivity index (χ3v) is 4.67. The lowest BCUT2D eigenvalue weighted by Gasteiger charge is -2.38. The van der Waals surface area contributed by atoms with Gasteiger partial charge in [0, 0.05) is 38.7 Å². The third-order valence-electron chi connectivity index (χ3n) is 4.67. The van der Waals surface area contributed by atoms with E-state index in [2.05, 4.69) is 0 Å². The predicted molar refractivity (Wildman–Crippen MR) is 80.5 cm³/mol. The summed E-state index contributed by atoms with van der Waals surface area (Å²) in [6.45, 7) is 6.78. The number of amides is 2. The van der Waals surface area contributed by atoms with E-state index < -0.39 is 0 Å². The number of likely N-dealkylation sites (tertiary alicyclic amines) is 2. The molecule has 0 saturated carbocycles. The van der Waals surface area contributed by atoms with E-state index in [1.165, 1.54) is 0 Å². The molecule has 2 unspecified atom stereocenters. The van der Waals surface area contributed by atoms with Gasteiger partial charge in [0.2, 0.25) is 11.8 Å². The lowest BCUT2D eigenvalue weighted by Crippen LogP contribution is -2.50. The molecule has 0 bridgehead atoms. The van der Waals surface area contributed by atoms with Gasteiger partial charge in [-0.05, 0) is 31.6 Å². The number of nitrogens with zero attached hydrogens (tertiary/aromatic N) is 2. The number of rotatable bonds is 3. The summed E-state index contributed by atoms with van der Waals surface area (Å²) in [6, 6.07) is 0. The molecule has 2 fully saturated rings. The Morgan fingerprint density at radius 2 is 1.76 bits per heavy atom. The van der Waals surface area contributed by atoms with Crippen LogP contribution in [-0.2, 0) is 9.59 Å². The molecule has 120 valence electrons. The van der Waals surface area contributed by atoms with Crippen molar-refractivity contribution < 1.29 is 14.7 Å². The van der Waals surface area contributed by atoms with Crippen LogP contribution in [0.15, 0.2) is 0 Å². The normalized spacial score (nSPS) is 27.0. The lowest BCUT2D eigenvalue weighted by atomic mass is 9.93. The Morgan fingerprint density at radius 3 is 2.43 bits per heavy atom. The van der Waals surface area contributed by atoms with Crippen molar-refractivity contribution in [2.24, 2.45) is 17.8 Å². The van der Waals surface area contributed by atoms with Crippen LogP contribution in [-0.4, -0.2) is 59.5 Å². The highest BCUT2D eigenvalue weighted by Gasteiger charge is 2.33. The minimum absolute atomic E-state index is 0.00684. The molecule has 0 aromatic carbocycles. The first kappa shape index (κ1) is 16.3. The molecule has 2 saturated heterocycles. The highest BCUT2D eigenvalue weighted by atomic mass is 16.3. The van der Waals surface area contributed by atoms with E-state index >= 15 is 0 Å². The molecule has 2 rings (SSSR count). The van der Waals surface area contributed by atoms with Gasteiger partial charge in [-0.2, -0.15) is 0 Å². The molecule has 2 atom stereocenters. The Labute approximate surface area is 127 Å². The Balaban J connectivity index is 1.94. The summed E-state index contributed by atoms with van der Waals surface area (Å²) in [4.78, 5) is 28.5. The average Bonchev–Trinajstić information content (AvgIpc) is 2.53. The molecule has 2 aliphatic rings. The minimum Gasteiger partial charge on any atom is -0.396 e. The van der Waals surface area contributed by atoms with Crippen molar-refractivity contribution >= 4 is 11.8 Å². The fourth-order valence-corrected chi connectivity index (χ4v) is 3.42. The van der Waals surface area contributed by atoms with Gasteiger partial charge in [0.05, 0.1) is 5.92 Å². The summed E-state index contributed by atoms with van der Waals surface area (Å²) in [5.74, 6) is 0.486. The maximum atomic E-state index is 12.7. The topological polar surface area (TPSA) is 60.9 Å². The largest absolute Gasteiger partial charge is 0.396 e. The van der Waals surface area contributed by atoms with Crippen LogP contribution in [0.25, 0.3) is 0 Å². The van der Waals surface area contributed by atoms with Gasteiger partial charge >= 0.3 is 0 Å². The molecule has 0 aromatic rings. The summed E-state index contributed by atoms with van der Waals surface area (Å²) >= 11 is 0. The van der Waals surface area contributed by atoms with E-state index in [1.54, 1.807) is 0 Å². The molecule has 1 N–H and O–H groups in total. The van der Waals surface area contributed by atoms with E-state index in [9.17, 15) is 14.7 Å². The Morgan fingerprint density at radius 1 is 1.10 bits per heavy atom. The number of hydrogen-bond acceptors (Lipinski definition) is 3. The second-order valence-electron chi connectivity index (χ2n) is 6.75. The van der Waals surface area contributed by atoms with Gasteiger partial charge in [-0.25, -0.2) is 0 Å². The van der Waals surface area contributed by atoms with Gasteiger partial charge in [0.1, 0.15) is 0 Å². The Kier molecular flexibility index (Phi) is 5.62. The zero-order valence-corrected chi connectivity index (χ0v) is 13.3. The van der Waals surface area contributed by atoms with E-state index in [4.69, 9.17) is 0 Å². The summed E-state index contributed by atoms with van der Waals surface area (Å²) in [5, 5.41) is 9.29. The number of carbonyl (C=O) groups excluding carboxylic acids is 2. The summed E-state index contributed by atoms with van der Waals surface area (Å²) < 4.78 is 0. The van der Waals surface area contributed by atoms with E-state index in [1.807, 2.05) is 23.6 Å². The van der Waals surface area contributed by atoms with Crippen LogP contribution in [0, 0.1) is 17.8 Å². The molecule has 5 heteroatoms. The first-order chi connectivity index (χ1) is 10.0. The molecule has 2 amide bonds. The fraction of sp³-hybridized carbons (Fsp3) is 0.875. The number of aliphatic hydroxyl groups excluding tert-OH is 1. The summed E-state index contributed by atoms with van der Waals surface area (Å²) in [7, 11) is 0. The number of aliphatic hydroxyl groups is 1. The average molecular weight is 296 g/mol. The van der Waals surface area contributed by atoms with Crippen molar-refractivity contribution in [1.82, 2.24) is 9.80 Å². The van der Waals surface area contributed by atoms with Crippen LogP contribution < -0.4 is 0 Å². The molecular weight excluding hydrogens is 268 g/mol. The van der Waals surface area contributed by atoms with Crippen LogP contribution in [0.5, 0.6) is 0 Å². The van der Waals surface area contributed by atoms with Crippen molar-refractivity contribution in [2.75, 3.05) is 32.8 Å². The first-order valence-corrected chi connectivity index (χ1v) is 8.21. The second kappa shape index (κ2) is 7.25. The molecule has 2 aliphatic heterocycles. The fourth-order valence-electron chi connectivity index (χ4n) is 3.42. The summed E-state index contributed by atoms with van der Waals surface area (Å²) in [6.07, 6.45) is 3.76. The maximum absolute atomic E-state index is 12.7. The Hall–Kier alpha value is -1.10. The standard InChI is InChI=1S/C16H28N2O3/c1-12(2)15(20)18-8-4-6-14(10-18)16(21)17-7-3-5-13(9-17)11-19/h12-14,19H,3-11H2,1-2H3. The van der Waals surface area contributed by atoms with Gasteiger partial charge in [-0.1, -0.05) is 13.8 Å². The second-order valence-corrected chi connectivity index (χ2v) is 6.75. The van der Waals surface area contributed by atoms with Crippen LogP contribution >= 0.6 is 0 Å². The zero-order chi connectivity index (χ0) is 15.4. The van der Waals surface area contributed by atoms with Crippen LogP contribution in [0.1, 0.15) is 39.5 Å². The van der Waals surface area contributed by atoms with Crippen LogP contribution in [0.4, 0.5) is 0 Å². The van der Waals surface area contributed by atoms with Gasteiger partial charge < -0.3 is 14.9 Å². The number of piperidine rings is 2. The van der Waals surface area contributed by atoms with Crippen molar-refractivity contribution in [3.05, 3.63) is 0 Å². The Bertz CT molecular complexity index is 384. The van der Waals surface area contributed by atoms with Gasteiger partial charge in [-0.3, -0.25) is 9.59 Å².